The number of hydrogen-bond donors (Lipinski definition) is 2. The van der Waals surface area contributed by atoms with Crippen LogP contribution in [0.3, 0.4) is 0 Å². The standard InChI is InChI=1S/C26H33ClN2O4/c1-33-22-14-10-19(11-15-22)24(30)6-2-3-7-25(31)28-23(18-29-16-4-5-17-29)26(32)20-8-12-21(27)13-9-20/h8-15,23,26,32H,2-7,16-18H2,1H3,(H,28,31)/t23-,26-/m1/s1. The number of carbonyl (C=O) groups is 2. The molecule has 0 spiro atoms. The van der Waals surface area contributed by atoms with E-state index in [4.69, 9.17) is 16.3 Å². The summed E-state index contributed by atoms with van der Waals surface area (Å²) in [5.74, 6) is 0.666. The number of aliphatic hydroxyl groups excluding tert-OH is 1. The molecule has 6 nitrogen and oxygen atoms in total. The van der Waals surface area contributed by atoms with Gasteiger partial charge in [-0.05, 0) is 80.7 Å². The van der Waals surface area contributed by atoms with Gasteiger partial charge in [-0.3, -0.25) is 9.59 Å². The smallest absolute Gasteiger partial charge is 0.220 e. The number of unbranched alkanes of at least 4 members (excludes halogenated alkanes) is 1. The van der Waals surface area contributed by atoms with Crippen molar-refractivity contribution in [3.05, 3.63) is 64.7 Å². The maximum atomic E-state index is 12.6. The summed E-state index contributed by atoms with van der Waals surface area (Å²) in [6, 6.07) is 13.7. The van der Waals surface area contributed by atoms with Gasteiger partial charge in [0.15, 0.2) is 5.78 Å². The highest BCUT2D eigenvalue weighted by Crippen LogP contribution is 2.22. The lowest BCUT2D eigenvalue weighted by Gasteiger charge is -2.29. The molecule has 0 aliphatic carbocycles. The van der Waals surface area contributed by atoms with Crippen molar-refractivity contribution in [2.24, 2.45) is 0 Å². The largest absolute Gasteiger partial charge is 0.497 e. The molecular weight excluding hydrogens is 440 g/mol. The first-order valence-corrected chi connectivity index (χ1v) is 12.0. The lowest BCUT2D eigenvalue weighted by molar-refractivity contribution is -0.123. The van der Waals surface area contributed by atoms with Crippen molar-refractivity contribution in [3.8, 4) is 5.75 Å². The van der Waals surface area contributed by atoms with Crippen LogP contribution in [0.25, 0.3) is 0 Å². The molecule has 0 bridgehead atoms. The molecule has 1 aliphatic heterocycles. The highest BCUT2D eigenvalue weighted by Gasteiger charge is 2.26. The van der Waals surface area contributed by atoms with E-state index < -0.39 is 12.1 Å². The normalized spacial score (nSPS) is 15.7. The summed E-state index contributed by atoms with van der Waals surface area (Å²) in [5.41, 5.74) is 1.38. The van der Waals surface area contributed by atoms with Gasteiger partial charge in [0.1, 0.15) is 11.9 Å². The fourth-order valence-corrected chi connectivity index (χ4v) is 4.26. The van der Waals surface area contributed by atoms with E-state index >= 15 is 0 Å². The zero-order valence-electron chi connectivity index (χ0n) is 19.1. The number of rotatable bonds is 12. The lowest BCUT2D eigenvalue weighted by atomic mass is 10.0. The molecule has 1 fully saturated rings. The molecule has 0 unspecified atom stereocenters. The number of carbonyl (C=O) groups excluding carboxylic acids is 2. The van der Waals surface area contributed by atoms with Gasteiger partial charge in [-0.25, -0.2) is 0 Å². The first-order valence-electron chi connectivity index (χ1n) is 11.6. The summed E-state index contributed by atoms with van der Waals surface area (Å²) in [5, 5.41) is 14.6. The topological polar surface area (TPSA) is 78.9 Å². The van der Waals surface area contributed by atoms with Gasteiger partial charge >= 0.3 is 0 Å². The molecule has 2 aromatic carbocycles. The van der Waals surface area contributed by atoms with Crippen LogP contribution in [0.5, 0.6) is 5.75 Å². The number of hydrogen-bond acceptors (Lipinski definition) is 5. The van der Waals surface area contributed by atoms with Crippen LogP contribution in [0.15, 0.2) is 48.5 Å². The number of aliphatic hydroxyl groups is 1. The minimum atomic E-state index is -0.816. The van der Waals surface area contributed by atoms with Crippen LogP contribution in [0.1, 0.15) is 60.6 Å². The van der Waals surface area contributed by atoms with Crippen LogP contribution in [0, 0.1) is 0 Å². The summed E-state index contributed by atoms with van der Waals surface area (Å²) < 4.78 is 5.11. The fraction of sp³-hybridized carbons (Fsp3) is 0.462. The van der Waals surface area contributed by atoms with Crippen LogP contribution in [0.4, 0.5) is 0 Å². The van der Waals surface area contributed by atoms with Gasteiger partial charge < -0.3 is 20.1 Å². The maximum absolute atomic E-state index is 12.6. The van der Waals surface area contributed by atoms with Crippen molar-refractivity contribution in [1.82, 2.24) is 10.2 Å². The molecule has 2 atom stereocenters. The van der Waals surface area contributed by atoms with Gasteiger partial charge in [-0.2, -0.15) is 0 Å². The summed E-state index contributed by atoms with van der Waals surface area (Å²) >= 11 is 5.97. The SMILES string of the molecule is COc1ccc(C(=O)CCCCC(=O)N[C@H](CN2CCCC2)[C@H](O)c2ccc(Cl)cc2)cc1. The first kappa shape index (κ1) is 25.2. The van der Waals surface area contributed by atoms with Crippen molar-refractivity contribution in [2.45, 2.75) is 50.7 Å². The Bertz CT molecular complexity index is 896. The number of ether oxygens (including phenoxy) is 1. The maximum Gasteiger partial charge on any atom is 0.220 e. The summed E-state index contributed by atoms with van der Waals surface area (Å²) in [6.45, 7) is 2.56. The van der Waals surface area contributed by atoms with E-state index in [9.17, 15) is 14.7 Å². The van der Waals surface area contributed by atoms with Crippen LogP contribution < -0.4 is 10.1 Å². The quantitative estimate of drug-likeness (QED) is 0.353. The van der Waals surface area contributed by atoms with Crippen LogP contribution in [-0.4, -0.2) is 54.5 Å². The summed E-state index contributed by atoms with van der Waals surface area (Å²) in [7, 11) is 1.59. The van der Waals surface area contributed by atoms with E-state index in [0.717, 1.165) is 31.5 Å². The average Bonchev–Trinajstić information content (AvgIpc) is 3.34. The Morgan fingerprint density at radius 3 is 2.30 bits per heavy atom. The van der Waals surface area contributed by atoms with Crippen LogP contribution in [0.2, 0.25) is 5.02 Å². The minimum absolute atomic E-state index is 0.0585. The van der Waals surface area contributed by atoms with Crippen molar-refractivity contribution in [3.63, 3.8) is 0 Å². The van der Waals surface area contributed by atoms with Gasteiger partial charge in [-0.15, -0.1) is 0 Å². The van der Waals surface area contributed by atoms with E-state index in [1.165, 1.54) is 0 Å². The van der Waals surface area contributed by atoms with Gasteiger partial charge in [0, 0.05) is 30.0 Å². The molecule has 7 heteroatoms. The van der Waals surface area contributed by atoms with Gasteiger partial charge in [0.05, 0.1) is 13.2 Å². The van der Waals surface area contributed by atoms with Gasteiger partial charge in [-0.1, -0.05) is 23.7 Å². The number of likely N-dealkylation sites (tertiary alicyclic amines) is 1. The lowest BCUT2D eigenvalue weighted by Crippen LogP contribution is -2.46. The average molecular weight is 473 g/mol. The molecule has 2 aromatic rings. The third kappa shape index (κ3) is 7.84. The number of halogens is 1. The van der Waals surface area contributed by atoms with Crippen molar-refractivity contribution < 1.29 is 19.4 Å². The number of methoxy groups -OCH3 is 1. The van der Waals surface area contributed by atoms with Gasteiger partial charge in [0.2, 0.25) is 5.91 Å². The third-order valence-electron chi connectivity index (χ3n) is 6.06. The summed E-state index contributed by atoms with van der Waals surface area (Å²) in [6.07, 6.45) is 3.42. The number of benzene rings is 2. The zero-order chi connectivity index (χ0) is 23.6. The van der Waals surface area contributed by atoms with Crippen molar-refractivity contribution >= 4 is 23.3 Å². The van der Waals surface area contributed by atoms with E-state index in [1.54, 1.807) is 55.6 Å². The van der Waals surface area contributed by atoms with Crippen molar-refractivity contribution in [1.29, 1.82) is 0 Å². The molecule has 178 valence electrons. The molecule has 3 rings (SSSR count). The van der Waals surface area contributed by atoms with E-state index in [-0.39, 0.29) is 11.7 Å². The third-order valence-corrected chi connectivity index (χ3v) is 6.31. The first-order chi connectivity index (χ1) is 16.0. The zero-order valence-corrected chi connectivity index (χ0v) is 19.9. The Balaban J connectivity index is 1.48. The molecule has 0 radical (unpaired) electrons. The second kappa shape index (κ2) is 12.7. The predicted molar refractivity (Wildman–Crippen MR) is 130 cm³/mol. The number of nitrogens with zero attached hydrogens (tertiary/aromatic N) is 1. The predicted octanol–water partition coefficient (Wildman–Crippen LogP) is 4.41. The molecule has 1 saturated heterocycles. The highest BCUT2D eigenvalue weighted by molar-refractivity contribution is 6.30. The second-order valence-electron chi connectivity index (χ2n) is 8.54. The second-order valence-corrected chi connectivity index (χ2v) is 8.97. The number of nitrogens with one attached hydrogen (secondary N) is 1. The Kier molecular flexibility index (Phi) is 9.73. The molecule has 33 heavy (non-hydrogen) atoms. The monoisotopic (exact) mass is 472 g/mol. The minimum Gasteiger partial charge on any atom is -0.497 e. The van der Waals surface area contributed by atoms with Crippen LogP contribution in [-0.2, 0) is 4.79 Å². The fourth-order valence-electron chi connectivity index (χ4n) is 4.13. The number of Topliss-reactive ketones (excluding diaryl/α,β-unsaturated/α-hetero) is 1. The molecule has 2 N–H and O–H groups in total. The molecule has 0 aromatic heterocycles. The van der Waals surface area contributed by atoms with Gasteiger partial charge in [0.25, 0.3) is 0 Å². The number of ketones is 1. The van der Waals surface area contributed by atoms with Crippen LogP contribution >= 0.6 is 11.6 Å². The highest BCUT2D eigenvalue weighted by atomic mass is 35.5. The molecule has 1 aliphatic rings. The number of amides is 1. The molecule has 0 saturated carbocycles. The van der Waals surface area contributed by atoms with E-state index in [2.05, 4.69) is 10.2 Å². The Hall–Kier alpha value is -2.41. The van der Waals surface area contributed by atoms with E-state index in [0.29, 0.717) is 48.6 Å². The molecular formula is C26H33ClN2O4. The molecule has 1 heterocycles. The molecule has 1 amide bonds. The van der Waals surface area contributed by atoms with Crippen molar-refractivity contribution in [2.75, 3.05) is 26.7 Å². The summed E-state index contributed by atoms with van der Waals surface area (Å²) in [4.78, 5) is 27.3. The Morgan fingerprint density at radius 1 is 1.03 bits per heavy atom. The Morgan fingerprint density at radius 2 is 1.67 bits per heavy atom. The van der Waals surface area contributed by atoms with E-state index in [1.807, 2.05) is 0 Å². The Labute approximate surface area is 200 Å².